The topological polar surface area (TPSA) is 60.8 Å². The lowest BCUT2D eigenvalue weighted by molar-refractivity contribution is -0.152. The van der Waals surface area contributed by atoms with Gasteiger partial charge >= 0.3 is 0 Å². The summed E-state index contributed by atoms with van der Waals surface area (Å²) in [7, 11) is -1.93. The average Bonchev–Trinajstić information content (AvgIpc) is 2.33. The predicted molar refractivity (Wildman–Crippen MR) is 83.8 cm³/mol. The first-order chi connectivity index (χ1) is 9.06. The number of hydrogen-bond donors (Lipinski definition) is 2. The van der Waals surface area contributed by atoms with E-state index in [2.05, 4.69) is 33.5 Å². The summed E-state index contributed by atoms with van der Waals surface area (Å²) in [6.45, 7) is 14.7. The van der Waals surface area contributed by atoms with Crippen LogP contribution in [-0.2, 0) is 4.79 Å². The van der Waals surface area contributed by atoms with E-state index in [9.17, 15) is 15.0 Å². The Bertz CT molecular complexity index is 379. The van der Waals surface area contributed by atoms with Crippen molar-refractivity contribution in [1.29, 1.82) is 0 Å². The number of allylic oxidation sites excluding steroid dienone is 1. The normalized spacial score (nSPS) is 23.2. The van der Waals surface area contributed by atoms with Crippen molar-refractivity contribution < 1.29 is 15.0 Å². The van der Waals surface area contributed by atoms with Gasteiger partial charge < -0.3 is 14.8 Å². The quantitative estimate of drug-likeness (QED) is 0.430. The van der Waals surface area contributed by atoms with Gasteiger partial charge in [0.15, 0.2) is 8.24 Å². The van der Waals surface area contributed by atoms with Crippen molar-refractivity contribution in [2.75, 3.05) is 6.54 Å². The zero-order valence-corrected chi connectivity index (χ0v) is 14.4. The number of aliphatic hydroxyl groups is 2. The molecular weight excluding hydrogens is 270 g/mol. The number of hydrogen-bond acceptors (Lipinski definition) is 3. The molecule has 1 fully saturated rings. The minimum absolute atomic E-state index is 0.00162. The third-order valence-electron chi connectivity index (χ3n) is 5.17. The number of carbonyl (C=O) groups is 1. The zero-order chi connectivity index (χ0) is 15.7. The lowest BCUT2D eigenvalue weighted by Crippen LogP contribution is -2.70. The van der Waals surface area contributed by atoms with E-state index in [1.54, 1.807) is 0 Å². The molecule has 1 heterocycles. The Morgan fingerprint density at radius 1 is 1.50 bits per heavy atom. The Kier molecular flexibility index (Phi) is 5.22. The number of β-lactam (4-membered cyclic amide) rings is 1. The molecule has 1 rings (SSSR count). The van der Waals surface area contributed by atoms with Gasteiger partial charge in [-0.3, -0.25) is 4.79 Å². The summed E-state index contributed by atoms with van der Waals surface area (Å²) in [5, 5.41) is 19.4. The van der Waals surface area contributed by atoms with Crippen molar-refractivity contribution in [2.24, 2.45) is 5.92 Å². The van der Waals surface area contributed by atoms with Crippen LogP contribution in [0.5, 0.6) is 0 Å². The molecule has 3 atom stereocenters. The van der Waals surface area contributed by atoms with E-state index in [4.69, 9.17) is 0 Å². The van der Waals surface area contributed by atoms with Crippen LogP contribution in [0.15, 0.2) is 12.7 Å². The highest BCUT2D eigenvalue weighted by molar-refractivity contribution is 6.80. The standard InChI is InChI=1S/C15H29NO3Si/c1-7-8-9-15(3,4)20(5,6)16-10-12(14(16)19)13(18)11(2)17/h7,11-13,17-18H,1,8-10H2,2-6H3. The van der Waals surface area contributed by atoms with E-state index >= 15 is 0 Å². The van der Waals surface area contributed by atoms with E-state index in [1.807, 2.05) is 10.6 Å². The van der Waals surface area contributed by atoms with Crippen molar-refractivity contribution in [1.82, 2.24) is 4.57 Å². The van der Waals surface area contributed by atoms with Crippen LogP contribution in [0, 0.1) is 5.92 Å². The monoisotopic (exact) mass is 299 g/mol. The van der Waals surface area contributed by atoms with E-state index in [0.29, 0.717) is 6.54 Å². The van der Waals surface area contributed by atoms with Gasteiger partial charge in [0.1, 0.15) is 0 Å². The van der Waals surface area contributed by atoms with Crippen LogP contribution < -0.4 is 0 Å². The fourth-order valence-corrected chi connectivity index (χ4v) is 5.54. The summed E-state index contributed by atoms with van der Waals surface area (Å²) in [6, 6.07) is 0. The first-order valence-electron chi connectivity index (χ1n) is 7.34. The SMILES string of the molecule is C=CCCC(C)(C)[Si](C)(C)N1CC(C(O)C(C)O)C1=O. The zero-order valence-electron chi connectivity index (χ0n) is 13.4. The molecule has 2 N–H and O–H groups in total. The molecule has 116 valence electrons. The van der Waals surface area contributed by atoms with Crippen molar-refractivity contribution in [3.05, 3.63) is 12.7 Å². The molecule has 0 aromatic rings. The van der Waals surface area contributed by atoms with E-state index in [1.165, 1.54) is 6.92 Å². The summed E-state index contributed by atoms with van der Waals surface area (Å²) in [6.07, 6.45) is 2.09. The maximum absolute atomic E-state index is 12.3. The lowest BCUT2D eigenvalue weighted by Gasteiger charge is -2.55. The Hall–Kier alpha value is -0.653. The highest BCUT2D eigenvalue weighted by Gasteiger charge is 2.54. The molecule has 20 heavy (non-hydrogen) atoms. The van der Waals surface area contributed by atoms with Crippen molar-refractivity contribution >= 4 is 14.1 Å². The maximum atomic E-state index is 12.3. The van der Waals surface area contributed by atoms with Crippen LogP contribution in [-0.4, -0.2) is 47.7 Å². The first kappa shape index (κ1) is 17.4. The number of amides is 1. The molecule has 0 radical (unpaired) electrons. The molecule has 0 bridgehead atoms. The van der Waals surface area contributed by atoms with E-state index < -0.39 is 26.4 Å². The molecule has 1 saturated heterocycles. The van der Waals surface area contributed by atoms with Crippen LogP contribution >= 0.6 is 0 Å². The largest absolute Gasteiger partial charge is 0.391 e. The second-order valence-corrected chi connectivity index (χ2v) is 12.1. The number of nitrogens with zero attached hydrogens (tertiary/aromatic N) is 1. The van der Waals surface area contributed by atoms with Crippen LogP contribution in [0.4, 0.5) is 0 Å². The molecule has 0 aromatic heterocycles. The Labute approximate surface area is 123 Å². The summed E-state index contributed by atoms with van der Waals surface area (Å²) >= 11 is 0. The third-order valence-corrected chi connectivity index (χ3v) is 10.5. The van der Waals surface area contributed by atoms with Gasteiger partial charge in [-0.1, -0.05) is 33.0 Å². The van der Waals surface area contributed by atoms with Crippen LogP contribution in [0.1, 0.15) is 33.6 Å². The van der Waals surface area contributed by atoms with Gasteiger partial charge in [0.05, 0.1) is 18.1 Å². The minimum atomic E-state index is -1.93. The third kappa shape index (κ3) is 2.99. The summed E-state index contributed by atoms with van der Waals surface area (Å²) in [5.74, 6) is -0.432. The molecule has 0 aromatic carbocycles. The number of aliphatic hydroxyl groups excluding tert-OH is 2. The molecule has 3 unspecified atom stereocenters. The minimum Gasteiger partial charge on any atom is -0.391 e. The maximum Gasteiger partial charge on any atom is 0.222 e. The molecule has 1 amide bonds. The van der Waals surface area contributed by atoms with Crippen molar-refractivity contribution in [3.8, 4) is 0 Å². The summed E-state index contributed by atoms with van der Waals surface area (Å²) < 4.78 is 1.96. The number of rotatable bonds is 7. The molecule has 1 aliphatic heterocycles. The molecule has 0 saturated carbocycles. The fourth-order valence-electron chi connectivity index (χ4n) is 2.68. The molecule has 4 nitrogen and oxygen atoms in total. The van der Waals surface area contributed by atoms with Crippen LogP contribution in [0.25, 0.3) is 0 Å². The Morgan fingerprint density at radius 2 is 2.05 bits per heavy atom. The molecule has 1 aliphatic rings. The van der Waals surface area contributed by atoms with Crippen molar-refractivity contribution in [2.45, 2.75) is 64.0 Å². The fraction of sp³-hybridized carbons (Fsp3) is 0.800. The van der Waals surface area contributed by atoms with Gasteiger partial charge in [0.2, 0.25) is 5.91 Å². The summed E-state index contributed by atoms with van der Waals surface area (Å²) in [5.41, 5.74) is 0. The molecular formula is C15H29NO3Si. The Morgan fingerprint density at radius 3 is 2.45 bits per heavy atom. The molecule has 0 aliphatic carbocycles. The highest BCUT2D eigenvalue weighted by Crippen LogP contribution is 2.46. The Balaban J connectivity index is 2.77. The van der Waals surface area contributed by atoms with Crippen LogP contribution in [0.2, 0.25) is 18.1 Å². The van der Waals surface area contributed by atoms with Gasteiger partial charge in [0.25, 0.3) is 0 Å². The van der Waals surface area contributed by atoms with Gasteiger partial charge in [0, 0.05) is 6.54 Å². The first-order valence-corrected chi connectivity index (χ1v) is 10.3. The molecule has 5 heteroatoms. The van der Waals surface area contributed by atoms with Crippen molar-refractivity contribution in [3.63, 3.8) is 0 Å². The second kappa shape index (κ2) is 5.99. The van der Waals surface area contributed by atoms with Gasteiger partial charge in [-0.05, 0) is 24.8 Å². The van der Waals surface area contributed by atoms with Gasteiger partial charge in [-0.15, -0.1) is 6.58 Å². The smallest absolute Gasteiger partial charge is 0.222 e. The van der Waals surface area contributed by atoms with Gasteiger partial charge in [-0.2, -0.15) is 0 Å². The average molecular weight is 299 g/mol. The summed E-state index contributed by atoms with van der Waals surface area (Å²) in [4.78, 5) is 12.3. The second-order valence-electron chi connectivity index (χ2n) is 7.06. The highest BCUT2D eigenvalue weighted by atomic mass is 28.3. The van der Waals surface area contributed by atoms with E-state index in [0.717, 1.165) is 12.8 Å². The van der Waals surface area contributed by atoms with Gasteiger partial charge in [-0.25, -0.2) is 0 Å². The lowest BCUT2D eigenvalue weighted by atomic mass is 9.92. The van der Waals surface area contributed by atoms with Crippen LogP contribution in [0.3, 0.4) is 0 Å². The predicted octanol–water partition coefficient (Wildman–Crippen LogP) is 2.14. The number of carbonyl (C=O) groups excluding carboxylic acids is 1. The van der Waals surface area contributed by atoms with E-state index in [-0.39, 0.29) is 10.9 Å². The molecule has 0 spiro atoms.